The van der Waals surface area contributed by atoms with Crippen LogP contribution in [0.2, 0.25) is 0 Å². The maximum absolute atomic E-state index is 12.5. The van der Waals surface area contributed by atoms with Crippen molar-refractivity contribution in [3.8, 4) is 0 Å². The number of nitrogens with one attached hydrogen (secondary N) is 1. The highest BCUT2D eigenvalue weighted by Crippen LogP contribution is 2.40. The molecule has 1 N–H and O–H groups in total. The molecule has 1 aliphatic rings. The zero-order valence-corrected chi connectivity index (χ0v) is 20.2. The molecule has 0 spiro atoms. The molecule has 4 aromatic rings. The average Bonchev–Trinajstić information content (AvgIpc) is 3.36. The molecule has 0 aliphatic heterocycles. The monoisotopic (exact) mass is 465 g/mol. The molecule has 3 aromatic heterocycles. The van der Waals surface area contributed by atoms with Gasteiger partial charge in [0.2, 0.25) is 5.91 Å². The summed E-state index contributed by atoms with van der Waals surface area (Å²) in [5, 5.41) is 14.0. The van der Waals surface area contributed by atoms with Crippen molar-refractivity contribution in [2.24, 2.45) is 5.92 Å². The van der Waals surface area contributed by atoms with E-state index in [1.165, 1.54) is 28.6 Å². The molecule has 1 aromatic carbocycles. The fraction of sp³-hybridized carbons (Fsp3) is 0.417. The van der Waals surface area contributed by atoms with Gasteiger partial charge in [-0.2, -0.15) is 0 Å². The lowest BCUT2D eigenvalue weighted by Crippen LogP contribution is -2.24. The van der Waals surface area contributed by atoms with E-state index in [2.05, 4.69) is 40.7 Å². The summed E-state index contributed by atoms with van der Waals surface area (Å²) in [6.07, 6.45) is 3.40. The summed E-state index contributed by atoms with van der Waals surface area (Å²) in [4.78, 5) is 20.0. The van der Waals surface area contributed by atoms with Crippen LogP contribution >= 0.6 is 23.1 Å². The van der Waals surface area contributed by atoms with Crippen LogP contribution in [0.5, 0.6) is 0 Å². The van der Waals surface area contributed by atoms with Crippen molar-refractivity contribution in [2.45, 2.75) is 57.7 Å². The Labute approximate surface area is 195 Å². The standard InChI is InChI=1S/C24H27N5OS2/c1-14(2)21-26-23-20(17-10-9-15(3)11-18(17)32-23)22-27-28-24(29(21)22)31-13-19(30)25-12-16-7-5-4-6-8-16/h4-8,14-15H,9-13H2,1-3H3,(H,25,30)/t15-/m1/s1. The van der Waals surface area contributed by atoms with Crippen molar-refractivity contribution in [1.29, 1.82) is 0 Å². The second kappa shape index (κ2) is 8.83. The number of fused-ring (bicyclic) bond motifs is 5. The van der Waals surface area contributed by atoms with E-state index in [9.17, 15) is 4.79 Å². The van der Waals surface area contributed by atoms with Gasteiger partial charge in [-0.05, 0) is 36.3 Å². The van der Waals surface area contributed by atoms with Gasteiger partial charge in [-0.25, -0.2) is 4.98 Å². The number of aryl methyl sites for hydroxylation is 1. The minimum Gasteiger partial charge on any atom is -0.351 e. The third-order valence-corrected chi connectivity index (χ3v) is 8.05. The molecule has 0 unspecified atom stereocenters. The molecule has 1 amide bonds. The average molecular weight is 466 g/mol. The van der Waals surface area contributed by atoms with E-state index >= 15 is 0 Å². The molecule has 0 fully saturated rings. The van der Waals surface area contributed by atoms with E-state index in [1.807, 2.05) is 41.7 Å². The van der Waals surface area contributed by atoms with Gasteiger partial charge in [-0.3, -0.25) is 9.20 Å². The van der Waals surface area contributed by atoms with Crippen LogP contribution in [0.1, 0.15) is 54.9 Å². The van der Waals surface area contributed by atoms with Crippen molar-refractivity contribution < 1.29 is 4.79 Å². The number of hydrogen-bond acceptors (Lipinski definition) is 6. The highest BCUT2D eigenvalue weighted by Gasteiger charge is 2.26. The maximum atomic E-state index is 12.5. The van der Waals surface area contributed by atoms with Crippen molar-refractivity contribution in [2.75, 3.05) is 5.75 Å². The number of amides is 1. The van der Waals surface area contributed by atoms with E-state index in [0.717, 1.165) is 51.2 Å². The molecular weight excluding hydrogens is 438 g/mol. The smallest absolute Gasteiger partial charge is 0.230 e. The Balaban J connectivity index is 1.43. The normalized spacial score (nSPS) is 16.1. The van der Waals surface area contributed by atoms with Gasteiger partial charge < -0.3 is 5.32 Å². The molecule has 1 atom stereocenters. The summed E-state index contributed by atoms with van der Waals surface area (Å²) in [6.45, 7) is 7.14. The second-order valence-electron chi connectivity index (χ2n) is 8.85. The lowest BCUT2D eigenvalue weighted by molar-refractivity contribution is -0.118. The Morgan fingerprint density at radius 2 is 2.09 bits per heavy atom. The number of carbonyl (C=O) groups is 1. The van der Waals surface area contributed by atoms with Gasteiger partial charge in [0.05, 0.1) is 11.1 Å². The summed E-state index contributed by atoms with van der Waals surface area (Å²) in [7, 11) is 0. The van der Waals surface area contributed by atoms with Crippen molar-refractivity contribution in [3.05, 3.63) is 52.2 Å². The van der Waals surface area contributed by atoms with E-state index in [1.54, 1.807) is 0 Å². The molecular formula is C24H27N5OS2. The first-order valence-electron chi connectivity index (χ1n) is 11.1. The number of thioether (sulfide) groups is 1. The first kappa shape index (κ1) is 21.4. The highest BCUT2D eigenvalue weighted by molar-refractivity contribution is 7.99. The second-order valence-corrected chi connectivity index (χ2v) is 10.9. The van der Waals surface area contributed by atoms with E-state index in [4.69, 9.17) is 4.98 Å². The maximum Gasteiger partial charge on any atom is 0.230 e. The lowest BCUT2D eigenvalue weighted by atomic mass is 9.89. The highest BCUT2D eigenvalue weighted by atomic mass is 32.2. The molecule has 32 heavy (non-hydrogen) atoms. The topological polar surface area (TPSA) is 72.2 Å². The van der Waals surface area contributed by atoms with Crippen molar-refractivity contribution in [1.82, 2.24) is 24.9 Å². The number of carbonyl (C=O) groups excluding carboxylic acids is 1. The number of rotatable bonds is 6. The van der Waals surface area contributed by atoms with Crippen LogP contribution in [0.4, 0.5) is 0 Å². The van der Waals surface area contributed by atoms with Gasteiger partial charge in [0.1, 0.15) is 10.7 Å². The summed E-state index contributed by atoms with van der Waals surface area (Å²) in [5.74, 6) is 2.17. The number of thiophene rings is 1. The van der Waals surface area contributed by atoms with Crippen LogP contribution in [0.25, 0.3) is 15.9 Å². The quantitative estimate of drug-likeness (QED) is 0.406. The van der Waals surface area contributed by atoms with Crippen molar-refractivity contribution in [3.63, 3.8) is 0 Å². The zero-order valence-electron chi connectivity index (χ0n) is 18.6. The molecule has 0 bridgehead atoms. The molecule has 6 nitrogen and oxygen atoms in total. The zero-order chi connectivity index (χ0) is 22.2. The predicted octanol–water partition coefficient (Wildman–Crippen LogP) is 5.00. The van der Waals surface area contributed by atoms with Crippen molar-refractivity contribution >= 4 is 44.9 Å². The lowest BCUT2D eigenvalue weighted by Gasteiger charge is -2.17. The van der Waals surface area contributed by atoms with Gasteiger partial charge in [-0.1, -0.05) is 62.9 Å². The summed E-state index contributed by atoms with van der Waals surface area (Å²) < 4.78 is 2.08. The first-order chi connectivity index (χ1) is 15.5. The van der Waals surface area contributed by atoms with Gasteiger partial charge in [0.25, 0.3) is 0 Å². The fourth-order valence-corrected chi connectivity index (χ4v) is 6.45. The molecule has 5 rings (SSSR count). The minimum absolute atomic E-state index is 0.0161. The number of benzene rings is 1. The molecule has 0 saturated heterocycles. The van der Waals surface area contributed by atoms with Gasteiger partial charge in [-0.15, -0.1) is 21.5 Å². The third kappa shape index (κ3) is 4.01. The SMILES string of the molecule is CC(C)c1nc2sc3c(c2c2nnc(SCC(=O)NCc4ccccc4)n12)CC[C@@H](C)C3. The predicted molar refractivity (Wildman–Crippen MR) is 130 cm³/mol. The third-order valence-electron chi connectivity index (χ3n) is 5.98. The van der Waals surface area contributed by atoms with Crippen LogP contribution in [-0.2, 0) is 24.2 Å². The summed E-state index contributed by atoms with van der Waals surface area (Å²) >= 11 is 3.24. The van der Waals surface area contributed by atoms with Gasteiger partial charge >= 0.3 is 0 Å². The van der Waals surface area contributed by atoms with Crippen LogP contribution < -0.4 is 5.32 Å². The molecule has 166 valence electrons. The van der Waals surface area contributed by atoms with Crippen LogP contribution in [0.15, 0.2) is 35.5 Å². The Morgan fingerprint density at radius 1 is 1.28 bits per heavy atom. The Morgan fingerprint density at radius 3 is 2.88 bits per heavy atom. The molecule has 0 radical (unpaired) electrons. The minimum atomic E-state index is -0.0161. The summed E-state index contributed by atoms with van der Waals surface area (Å²) in [5.41, 5.74) is 3.38. The fourth-order valence-electron chi connectivity index (χ4n) is 4.30. The Bertz CT molecular complexity index is 1280. The van der Waals surface area contributed by atoms with Crippen LogP contribution in [0.3, 0.4) is 0 Å². The largest absolute Gasteiger partial charge is 0.351 e. The van der Waals surface area contributed by atoms with Gasteiger partial charge in [0.15, 0.2) is 10.8 Å². The molecule has 1 aliphatic carbocycles. The van der Waals surface area contributed by atoms with E-state index < -0.39 is 0 Å². The van der Waals surface area contributed by atoms with E-state index in [0.29, 0.717) is 12.3 Å². The van der Waals surface area contributed by atoms with Gasteiger partial charge in [0, 0.05) is 17.3 Å². The molecule has 8 heteroatoms. The van der Waals surface area contributed by atoms with Crippen LogP contribution in [0, 0.1) is 5.92 Å². The number of hydrogen-bond donors (Lipinski definition) is 1. The Kier molecular flexibility index (Phi) is 5.90. The number of nitrogens with zero attached hydrogens (tertiary/aromatic N) is 4. The molecule has 0 saturated carbocycles. The molecule has 3 heterocycles. The first-order valence-corrected chi connectivity index (χ1v) is 12.9. The van der Waals surface area contributed by atoms with E-state index in [-0.39, 0.29) is 11.8 Å². The number of aromatic nitrogens is 4. The Hall–Kier alpha value is -2.45. The van der Waals surface area contributed by atoms with Crippen LogP contribution in [-0.4, -0.2) is 31.2 Å². The summed E-state index contributed by atoms with van der Waals surface area (Å²) in [6, 6.07) is 9.94.